The van der Waals surface area contributed by atoms with Crippen LogP contribution in [-0.2, 0) is 32.7 Å². The minimum absolute atomic E-state index is 0.0380. The maximum absolute atomic E-state index is 12.7. The molecule has 0 spiro atoms. The monoisotopic (exact) mass is 794 g/mol. The minimum atomic E-state index is -4.63. The van der Waals surface area contributed by atoms with Gasteiger partial charge in [0.25, 0.3) is 7.82 Å². The van der Waals surface area contributed by atoms with E-state index in [1.165, 1.54) is 32.1 Å². The van der Waals surface area contributed by atoms with Gasteiger partial charge < -0.3 is 27.9 Å². The number of hydrogen-bond acceptors (Lipinski definition) is 8. The largest absolute Gasteiger partial charge is 0.756 e. The number of ether oxygens (including phenoxy) is 2. The van der Waals surface area contributed by atoms with E-state index in [-0.39, 0.29) is 26.1 Å². The van der Waals surface area contributed by atoms with Gasteiger partial charge in [0.15, 0.2) is 6.10 Å². The number of carbonyl (C=O) groups excluding carboxylic acids is 2. The van der Waals surface area contributed by atoms with Crippen molar-refractivity contribution in [3.05, 3.63) is 60.8 Å². The summed E-state index contributed by atoms with van der Waals surface area (Å²) in [6, 6.07) is 0. The molecule has 0 aromatic carbocycles. The summed E-state index contributed by atoms with van der Waals surface area (Å²) in [7, 11) is 1.14. The summed E-state index contributed by atoms with van der Waals surface area (Å²) >= 11 is 0. The van der Waals surface area contributed by atoms with Crippen LogP contribution in [0.2, 0.25) is 0 Å². The molecule has 10 heteroatoms. The van der Waals surface area contributed by atoms with Gasteiger partial charge in [-0.2, -0.15) is 0 Å². The molecule has 55 heavy (non-hydrogen) atoms. The van der Waals surface area contributed by atoms with Gasteiger partial charge in [-0.15, -0.1) is 0 Å². The number of esters is 2. The smallest absolute Gasteiger partial charge is 0.306 e. The first-order valence-electron chi connectivity index (χ1n) is 21.5. The van der Waals surface area contributed by atoms with E-state index in [1.807, 2.05) is 21.1 Å². The maximum Gasteiger partial charge on any atom is 0.306 e. The zero-order valence-electron chi connectivity index (χ0n) is 35.6. The van der Waals surface area contributed by atoms with Gasteiger partial charge in [0, 0.05) is 12.8 Å². The molecule has 318 valence electrons. The third kappa shape index (κ3) is 41.2. The molecule has 0 aromatic rings. The van der Waals surface area contributed by atoms with Gasteiger partial charge in [-0.05, 0) is 70.6 Å². The van der Waals surface area contributed by atoms with Gasteiger partial charge in [0.1, 0.15) is 19.8 Å². The van der Waals surface area contributed by atoms with E-state index in [0.29, 0.717) is 23.9 Å². The topological polar surface area (TPSA) is 111 Å². The number of allylic oxidation sites excluding steroid dienone is 10. The molecule has 0 aromatic heterocycles. The van der Waals surface area contributed by atoms with Gasteiger partial charge in [0.2, 0.25) is 0 Å². The van der Waals surface area contributed by atoms with Gasteiger partial charge in [-0.1, -0.05) is 139 Å². The Kier molecular flexibility index (Phi) is 35.7. The average molecular weight is 794 g/mol. The predicted molar refractivity (Wildman–Crippen MR) is 226 cm³/mol. The second-order valence-corrected chi connectivity index (χ2v) is 16.7. The fourth-order valence-electron chi connectivity index (χ4n) is 5.39. The molecule has 0 aliphatic heterocycles. The molecule has 0 bridgehead atoms. The highest BCUT2D eigenvalue weighted by atomic mass is 31.2. The molecule has 0 N–H and O–H groups in total. The number of likely N-dealkylation sites (N-methyl/N-ethyl adjacent to an activating group) is 1. The van der Waals surface area contributed by atoms with Crippen LogP contribution in [0.1, 0.15) is 162 Å². The lowest BCUT2D eigenvalue weighted by molar-refractivity contribution is -0.870. The van der Waals surface area contributed by atoms with E-state index in [9.17, 15) is 19.0 Å². The molecule has 0 saturated carbocycles. The lowest BCUT2D eigenvalue weighted by Gasteiger charge is -2.28. The van der Waals surface area contributed by atoms with E-state index in [2.05, 4.69) is 74.6 Å². The number of rotatable bonds is 38. The normalized spacial score (nSPS) is 14.2. The summed E-state index contributed by atoms with van der Waals surface area (Å²) in [4.78, 5) is 37.5. The molecule has 9 nitrogen and oxygen atoms in total. The van der Waals surface area contributed by atoms with E-state index >= 15 is 0 Å². The Morgan fingerprint density at radius 1 is 0.582 bits per heavy atom. The Morgan fingerprint density at radius 3 is 1.55 bits per heavy atom. The number of hydrogen-bond donors (Lipinski definition) is 0. The summed E-state index contributed by atoms with van der Waals surface area (Å²) in [5, 5.41) is 0. The quantitative estimate of drug-likeness (QED) is 0.0200. The third-order valence-corrected chi connectivity index (χ3v) is 9.74. The zero-order valence-corrected chi connectivity index (χ0v) is 36.5. The Hall–Kier alpha value is -2.29. The molecule has 2 atom stereocenters. The fourth-order valence-corrected chi connectivity index (χ4v) is 6.12. The lowest BCUT2D eigenvalue weighted by atomic mass is 10.1. The molecule has 0 aliphatic rings. The first kappa shape index (κ1) is 52.7. The van der Waals surface area contributed by atoms with E-state index in [4.69, 9.17) is 18.5 Å². The summed E-state index contributed by atoms with van der Waals surface area (Å²) in [5.74, 6) is -0.867. The van der Waals surface area contributed by atoms with Crippen molar-refractivity contribution in [2.45, 2.75) is 168 Å². The minimum Gasteiger partial charge on any atom is -0.756 e. The van der Waals surface area contributed by atoms with E-state index in [0.717, 1.165) is 89.9 Å². The lowest BCUT2D eigenvalue weighted by Crippen LogP contribution is -2.37. The van der Waals surface area contributed by atoms with E-state index < -0.39 is 32.5 Å². The zero-order chi connectivity index (χ0) is 40.7. The molecule has 2 unspecified atom stereocenters. The number of nitrogens with zero attached hydrogens (tertiary/aromatic N) is 1. The van der Waals surface area contributed by atoms with Gasteiger partial charge in [-0.3, -0.25) is 14.2 Å². The highest BCUT2D eigenvalue weighted by molar-refractivity contribution is 7.45. The fraction of sp³-hybridized carbons (Fsp3) is 0.733. The van der Waals surface area contributed by atoms with Crippen molar-refractivity contribution in [3.8, 4) is 0 Å². The molecule has 0 aliphatic carbocycles. The van der Waals surface area contributed by atoms with Crippen molar-refractivity contribution >= 4 is 19.8 Å². The Labute approximate surface area is 336 Å². The molecule has 0 heterocycles. The third-order valence-electron chi connectivity index (χ3n) is 8.77. The van der Waals surface area contributed by atoms with Crippen molar-refractivity contribution < 1.29 is 42.1 Å². The summed E-state index contributed by atoms with van der Waals surface area (Å²) in [6.07, 6.45) is 43.8. The van der Waals surface area contributed by atoms with Crippen LogP contribution in [-0.4, -0.2) is 70.0 Å². The standard InChI is InChI=1S/C45H80NO8P/c1-6-8-10-12-14-16-18-20-22-23-24-26-28-30-32-34-36-38-45(48)54-43(42-53-55(49,50)52-40-39-46(3,4)5)41-51-44(47)37-35-33-31-29-27-25-21-19-17-15-13-11-9-7-2/h8,10,13-16,19-22,43H,6-7,9,11-12,17-18,23-42H2,1-5H3/b10-8-,15-13-,16-14-,21-19-,22-20-. The molecular formula is C45H80NO8P. The van der Waals surface area contributed by atoms with Gasteiger partial charge >= 0.3 is 11.9 Å². The first-order chi connectivity index (χ1) is 26.5. The van der Waals surface area contributed by atoms with Crippen molar-refractivity contribution in [1.82, 2.24) is 0 Å². The van der Waals surface area contributed by atoms with Crippen LogP contribution in [0, 0.1) is 0 Å². The van der Waals surface area contributed by atoms with Gasteiger partial charge in [-0.25, -0.2) is 0 Å². The van der Waals surface area contributed by atoms with Crippen LogP contribution >= 0.6 is 7.82 Å². The maximum atomic E-state index is 12.7. The molecule has 0 radical (unpaired) electrons. The van der Waals surface area contributed by atoms with E-state index in [1.54, 1.807) is 0 Å². The second-order valence-electron chi connectivity index (χ2n) is 15.3. The molecule has 0 rings (SSSR count). The molecular weight excluding hydrogens is 713 g/mol. The number of quaternary nitrogens is 1. The highest BCUT2D eigenvalue weighted by Gasteiger charge is 2.21. The first-order valence-corrected chi connectivity index (χ1v) is 23.0. The molecule has 0 fully saturated rings. The van der Waals surface area contributed by atoms with Crippen LogP contribution in [0.5, 0.6) is 0 Å². The Morgan fingerprint density at radius 2 is 1.04 bits per heavy atom. The predicted octanol–water partition coefficient (Wildman–Crippen LogP) is 11.4. The SMILES string of the molecule is CC/C=C\C/C=C\C/C=C\CCCCCCCCCC(=O)OC(COC(=O)CCCCCCC/C=C\C/C=C\CCCC)COP(=O)([O-])OCC[N+](C)(C)C. The second kappa shape index (κ2) is 37.3. The average Bonchev–Trinajstić information content (AvgIpc) is 3.13. The number of carbonyl (C=O) groups is 2. The van der Waals surface area contributed by atoms with Crippen molar-refractivity contribution in [3.63, 3.8) is 0 Å². The number of phosphoric ester groups is 1. The Balaban J connectivity index is 4.41. The Bertz CT molecular complexity index is 1120. The molecule has 0 amide bonds. The summed E-state index contributed by atoms with van der Waals surface area (Å²) in [5.41, 5.74) is 0. The van der Waals surface area contributed by atoms with Crippen molar-refractivity contribution in [2.75, 3.05) is 47.5 Å². The van der Waals surface area contributed by atoms with Crippen molar-refractivity contribution in [1.29, 1.82) is 0 Å². The van der Waals surface area contributed by atoms with Crippen LogP contribution in [0.25, 0.3) is 0 Å². The van der Waals surface area contributed by atoms with Crippen molar-refractivity contribution in [2.24, 2.45) is 0 Å². The summed E-state index contributed by atoms with van der Waals surface area (Å²) < 4.78 is 33.8. The number of phosphoric acid groups is 1. The van der Waals surface area contributed by atoms with Crippen LogP contribution in [0.3, 0.4) is 0 Å². The highest BCUT2D eigenvalue weighted by Crippen LogP contribution is 2.38. The summed E-state index contributed by atoms with van der Waals surface area (Å²) in [6.45, 7) is 4.03. The van der Waals surface area contributed by atoms with Crippen LogP contribution < -0.4 is 4.89 Å². The number of unbranched alkanes of at least 4 members (excludes halogenated alkanes) is 14. The van der Waals surface area contributed by atoms with Crippen LogP contribution in [0.4, 0.5) is 0 Å². The molecule has 0 saturated heterocycles. The van der Waals surface area contributed by atoms with Crippen LogP contribution in [0.15, 0.2) is 60.8 Å². The van der Waals surface area contributed by atoms with Gasteiger partial charge in [0.05, 0.1) is 27.7 Å².